The third-order valence-electron chi connectivity index (χ3n) is 5.98. The van der Waals surface area contributed by atoms with E-state index in [1.807, 2.05) is 32.0 Å². The van der Waals surface area contributed by atoms with Crippen molar-refractivity contribution in [2.24, 2.45) is 0 Å². The third-order valence-corrected chi connectivity index (χ3v) is 6.23. The number of carbonyl (C=O) groups excluding carboxylic acids is 2. The molecule has 0 aliphatic carbocycles. The Morgan fingerprint density at radius 1 is 1.14 bits per heavy atom. The lowest BCUT2D eigenvalue weighted by molar-refractivity contribution is -0.121. The van der Waals surface area contributed by atoms with Crippen molar-refractivity contribution in [3.63, 3.8) is 0 Å². The lowest BCUT2D eigenvalue weighted by atomic mass is 10.1. The van der Waals surface area contributed by atoms with E-state index in [1.165, 1.54) is 0 Å². The van der Waals surface area contributed by atoms with Crippen molar-refractivity contribution in [1.29, 1.82) is 0 Å². The van der Waals surface area contributed by atoms with E-state index in [9.17, 15) is 9.59 Å². The minimum Gasteiger partial charge on any atom is -0.352 e. The van der Waals surface area contributed by atoms with Crippen molar-refractivity contribution >= 4 is 29.4 Å². The zero-order valence-corrected chi connectivity index (χ0v) is 21.3. The Hall–Kier alpha value is -3.66. The van der Waals surface area contributed by atoms with Crippen molar-refractivity contribution in [1.82, 2.24) is 35.1 Å². The van der Waals surface area contributed by atoms with Crippen LogP contribution in [0, 0.1) is 6.92 Å². The lowest BCUT2D eigenvalue weighted by Gasteiger charge is -2.42. The SMILES string of the molecule is CCCNC(=O)N1CCN(c2cc(C)nc(-n3ccnc3)n2)C(CC(=O)NCc2ccc(Cl)cc2)C1. The summed E-state index contributed by atoms with van der Waals surface area (Å²) in [4.78, 5) is 42.9. The third kappa shape index (κ3) is 6.51. The smallest absolute Gasteiger partial charge is 0.317 e. The topological polar surface area (TPSA) is 108 Å². The Morgan fingerprint density at radius 2 is 1.94 bits per heavy atom. The fraction of sp³-hybridized carbons (Fsp3) is 0.400. The molecule has 0 saturated carbocycles. The highest BCUT2D eigenvalue weighted by Crippen LogP contribution is 2.23. The average Bonchev–Trinajstić information content (AvgIpc) is 3.42. The normalized spacial score (nSPS) is 15.6. The molecule has 36 heavy (non-hydrogen) atoms. The van der Waals surface area contributed by atoms with Gasteiger partial charge in [-0.3, -0.25) is 9.36 Å². The number of nitrogens with zero attached hydrogens (tertiary/aromatic N) is 6. The summed E-state index contributed by atoms with van der Waals surface area (Å²) in [6, 6.07) is 8.92. The average molecular weight is 511 g/mol. The van der Waals surface area contributed by atoms with Crippen molar-refractivity contribution in [3.8, 4) is 5.95 Å². The molecule has 1 aliphatic rings. The minimum absolute atomic E-state index is 0.101. The molecule has 190 valence electrons. The van der Waals surface area contributed by atoms with Crippen molar-refractivity contribution in [3.05, 3.63) is 65.3 Å². The van der Waals surface area contributed by atoms with E-state index < -0.39 is 0 Å². The number of benzene rings is 1. The van der Waals surface area contributed by atoms with Crippen LogP contribution in [0.25, 0.3) is 5.95 Å². The minimum atomic E-state index is -0.249. The number of amides is 3. The van der Waals surface area contributed by atoms with Gasteiger partial charge in [-0.15, -0.1) is 0 Å². The maximum atomic E-state index is 13.0. The first-order valence-electron chi connectivity index (χ1n) is 12.1. The van der Waals surface area contributed by atoms with Crippen LogP contribution in [0.3, 0.4) is 0 Å². The summed E-state index contributed by atoms with van der Waals surface area (Å²) in [6.45, 7) is 6.43. The van der Waals surface area contributed by atoms with Gasteiger partial charge in [0.05, 0.1) is 6.04 Å². The molecule has 0 spiro atoms. The molecule has 1 fully saturated rings. The number of urea groups is 1. The van der Waals surface area contributed by atoms with Crippen molar-refractivity contribution < 1.29 is 9.59 Å². The van der Waals surface area contributed by atoms with Crippen LogP contribution < -0.4 is 15.5 Å². The molecule has 3 aromatic rings. The first-order valence-corrected chi connectivity index (χ1v) is 12.4. The van der Waals surface area contributed by atoms with Gasteiger partial charge < -0.3 is 20.4 Å². The predicted molar refractivity (Wildman–Crippen MR) is 138 cm³/mol. The maximum absolute atomic E-state index is 13.0. The Morgan fingerprint density at radius 3 is 2.67 bits per heavy atom. The second-order valence-corrected chi connectivity index (χ2v) is 9.21. The highest BCUT2D eigenvalue weighted by atomic mass is 35.5. The molecule has 4 rings (SSSR count). The van der Waals surface area contributed by atoms with Crippen molar-refractivity contribution in [2.75, 3.05) is 31.1 Å². The van der Waals surface area contributed by atoms with Crippen LogP contribution >= 0.6 is 11.6 Å². The van der Waals surface area contributed by atoms with E-state index >= 15 is 0 Å². The summed E-state index contributed by atoms with van der Waals surface area (Å²) >= 11 is 5.96. The van der Waals surface area contributed by atoms with Gasteiger partial charge in [0, 0.05) is 68.3 Å². The van der Waals surface area contributed by atoms with E-state index in [0.29, 0.717) is 43.7 Å². The van der Waals surface area contributed by atoms with Gasteiger partial charge >= 0.3 is 6.03 Å². The van der Waals surface area contributed by atoms with Crippen LogP contribution in [0.4, 0.5) is 10.6 Å². The van der Waals surface area contributed by atoms with E-state index in [2.05, 4.69) is 25.5 Å². The zero-order valence-electron chi connectivity index (χ0n) is 20.5. The van der Waals surface area contributed by atoms with Crippen LogP contribution in [-0.4, -0.2) is 68.6 Å². The molecule has 3 heterocycles. The number of rotatable bonds is 8. The lowest BCUT2D eigenvalue weighted by Crippen LogP contribution is -2.58. The quantitative estimate of drug-likeness (QED) is 0.482. The highest BCUT2D eigenvalue weighted by molar-refractivity contribution is 6.30. The van der Waals surface area contributed by atoms with E-state index in [-0.39, 0.29) is 24.4 Å². The molecule has 0 radical (unpaired) electrons. The molecule has 3 amide bonds. The fourth-order valence-corrected chi connectivity index (χ4v) is 4.25. The number of anilines is 1. The van der Waals surface area contributed by atoms with E-state index in [0.717, 1.165) is 23.5 Å². The molecule has 2 N–H and O–H groups in total. The van der Waals surface area contributed by atoms with Gasteiger partial charge in [-0.2, -0.15) is 4.98 Å². The maximum Gasteiger partial charge on any atom is 0.317 e. The second kappa shape index (κ2) is 11.9. The second-order valence-electron chi connectivity index (χ2n) is 8.77. The number of nitrogens with one attached hydrogen (secondary N) is 2. The predicted octanol–water partition coefficient (Wildman–Crippen LogP) is 2.94. The first-order chi connectivity index (χ1) is 17.4. The summed E-state index contributed by atoms with van der Waals surface area (Å²) in [5.41, 5.74) is 1.77. The monoisotopic (exact) mass is 510 g/mol. The molecule has 1 aliphatic heterocycles. The molecular formula is C25H31ClN8O2. The van der Waals surface area contributed by atoms with E-state index in [4.69, 9.17) is 16.6 Å². The van der Waals surface area contributed by atoms with Gasteiger partial charge in [0.15, 0.2) is 0 Å². The Labute approximate surface area is 215 Å². The molecule has 10 nitrogen and oxygen atoms in total. The molecule has 1 unspecified atom stereocenters. The van der Waals surface area contributed by atoms with Gasteiger partial charge in [0.2, 0.25) is 11.9 Å². The van der Waals surface area contributed by atoms with Gasteiger partial charge in [0.1, 0.15) is 12.1 Å². The first kappa shape index (κ1) is 25.4. The summed E-state index contributed by atoms with van der Waals surface area (Å²) in [5.74, 6) is 1.13. The van der Waals surface area contributed by atoms with Gasteiger partial charge in [-0.1, -0.05) is 30.7 Å². The number of imidazole rings is 1. The molecule has 0 bridgehead atoms. The number of hydrogen-bond acceptors (Lipinski definition) is 6. The Bertz CT molecular complexity index is 1170. The molecular weight excluding hydrogens is 480 g/mol. The van der Waals surface area contributed by atoms with Gasteiger partial charge in [-0.05, 0) is 31.0 Å². The number of hydrogen-bond donors (Lipinski definition) is 2. The molecule has 11 heteroatoms. The number of halogens is 1. The molecule has 1 saturated heterocycles. The summed E-state index contributed by atoms with van der Waals surface area (Å²) < 4.78 is 1.75. The van der Waals surface area contributed by atoms with Gasteiger partial charge in [-0.25, -0.2) is 14.8 Å². The number of aromatic nitrogens is 4. The Balaban J connectivity index is 1.52. The fourth-order valence-electron chi connectivity index (χ4n) is 4.13. The number of aryl methyl sites for hydroxylation is 1. The van der Waals surface area contributed by atoms with Crippen LogP contribution in [0.15, 0.2) is 49.1 Å². The summed E-state index contributed by atoms with van der Waals surface area (Å²) in [5, 5.41) is 6.58. The van der Waals surface area contributed by atoms with Crippen LogP contribution in [0.1, 0.15) is 31.0 Å². The molecule has 1 atom stereocenters. The summed E-state index contributed by atoms with van der Waals surface area (Å²) in [7, 11) is 0. The number of carbonyl (C=O) groups is 2. The van der Waals surface area contributed by atoms with Crippen LogP contribution in [0.5, 0.6) is 0 Å². The van der Waals surface area contributed by atoms with Crippen LogP contribution in [0.2, 0.25) is 5.02 Å². The Kier molecular flexibility index (Phi) is 8.37. The standard InChI is InChI=1S/C25H31ClN8O2/c1-3-8-28-25(36)32-11-12-34(22-13-18(2)30-24(31-22)33-10-9-27-17-33)21(16-32)14-23(35)29-15-19-4-6-20(26)7-5-19/h4-7,9-10,13,17,21H,3,8,11-12,14-16H2,1-2H3,(H,28,36)(H,29,35). The molecule has 2 aromatic heterocycles. The van der Waals surface area contributed by atoms with Crippen LogP contribution in [-0.2, 0) is 11.3 Å². The van der Waals surface area contributed by atoms with Gasteiger partial charge in [0.25, 0.3) is 0 Å². The van der Waals surface area contributed by atoms with E-state index in [1.54, 1.807) is 40.3 Å². The highest BCUT2D eigenvalue weighted by Gasteiger charge is 2.32. The molecule has 1 aromatic carbocycles. The van der Waals surface area contributed by atoms with Crippen molar-refractivity contribution in [2.45, 2.75) is 39.3 Å². The largest absolute Gasteiger partial charge is 0.352 e. The number of piperazine rings is 1. The zero-order chi connectivity index (χ0) is 25.5. The summed E-state index contributed by atoms with van der Waals surface area (Å²) in [6.07, 6.45) is 6.19.